The van der Waals surface area contributed by atoms with Gasteiger partial charge < -0.3 is 9.47 Å². The fourth-order valence-corrected chi connectivity index (χ4v) is 4.04. The van der Waals surface area contributed by atoms with E-state index in [0.717, 1.165) is 28.6 Å². The molecule has 3 rings (SSSR count). The maximum Gasteiger partial charge on any atom is 0.330 e. The first-order valence-corrected chi connectivity index (χ1v) is 14.7. The van der Waals surface area contributed by atoms with E-state index in [4.69, 9.17) is 14.5 Å². The Morgan fingerprint density at radius 1 is 1.00 bits per heavy atom. The Morgan fingerprint density at radius 2 is 1.62 bits per heavy atom. The molecule has 0 saturated carbocycles. The number of carbonyl (C=O) groups is 1. The van der Waals surface area contributed by atoms with Crippen molar-refractivity contribution in [1.29, 1.82) is 0 Å². The van der Waals surface area contributed by atoms with Crippen LogP contribution in [0.25, 0.3) is 28.6 Å². The number of hydrogen-bond donors (Lipinski definition) is 0. The zero-order valence-electron chi connectivity index (χ0n) is 19.4. The Hall–Kier alpha value is -2.96. The second-order valence-corrected chi connectivity index (χ2v) is 14.4. The van der Waals surface area contributed by atoms with Crippen LogP contribution in [0.3, 0.4) is 0 Å². The molecule has 1 aromatic heterocycles. The molecule has 0 amide bonds. The molecule has 0 aliphatic rings. The zero-order chi connectivity index (χ0) is 23.0. The molecule has 1 heterocycles. The summed E-state index contributed by atoms with van der Waals surface area (Å²) in [4.78, 5) is 16.9. The molecule has 0 saturated heterocycles. The summed E-state index contributed by atoms with van der Waals surface area (Å²) in [6.07, 6.45) is 3.13. The molecule has 0 unspecified atom stereocenters. The topological polar surface area (TPSA) is 53.3 Å². The number of aromatic nitrogens is 2. The number of rotatable bonds is 10. The van der Waals surface area contributed by atoms with Crippen LogP contribution in [0, 0.1) is 0 Å². The summed E-state index contributed by atoms with van der Waals surface area (Å²) < 4.78 is 13.2. The number of nitrogens with zero attached hydrogens (tertiary/aromatic N) is 2. The monoisotopic (exact) mass is 448 g/mol. The van der Waals surface area contributed by atoms with Gasteiger partial charge in [-0.15, -0.1) is 0 Å². The molecule has 0 bridgehead atoms. The standard InChI is InChI=1S/C26H32N2O3Si/c1-5-31-24(29)17-16-23-27-25(21-12-8-6-9-13-21)26(22-14-10-7-11-15-22)28(23)20-30-18-19-32(2,3)4/h6-17H,5,18-20H2,1-4H3. The van der Waals surface area contributed by atoms with Gasteiger partial charge >= 0.3 is 5.97 Å². The average molecular weight is 449 g/mol. The minimum absolute atomic E-state index is 0.335. The normalized spacial score (nSPS) is 11.8. The van der Waals surface area contributed by atoms with Gasteiger partial charge in [0.2, 0.25) is 0 Å². The Balaban J connectivity index is 2.06. The summed E-state index contributed by atoms with van der Waals surface area (Å²) in [5, 5.41) is 0. The van der Waals surface area contributed by atoms with Gasteiger partial charge in [0.15, 0.2) is 0 Å². The molecule has 0 fully saturated rings. The fraction of sp³-hybridized carbons (Fsp3) is 0.308. The van der Waals surface area contributed by atoms with Crippen molar-refractivity contribution < 1.29 is 14.3 Å². The molecule has 0 aliphatic heterocycles. The molecule has 5 nitrogen and oxygen atoms in total. The van der Waals surface area contributed by atoms with Crippen LogP contribution in [0.4, 0.5) is 0 Å². The highest BCUT2D eigenvalue weighted by Crippen LogP contribution is 2.33. The highest BCUT2D eigenvalue weighted by molar-refractivity contribution is 6.76. The van der Waals surface area contributed by atoms with Gasteiger partial charge in [0, 0.05) is 31.9 Å². The Morgan fingerprint density at radius 3 is 2.22 bits per heavy atom. The van der Waals surface area contributed by atoms with Crippen molar-refractivity contribution in [1.82, 2.24) is 9.55 Å². The highest BCUT2D eigenvalue weighted by Gasteiger charge is 2.20. The van der Waals surface area contributed by atoms with Crippen molar-refractivity contribution in [3.63, 3.8) is 0 Å². The van der Waals surface area contributed by atoms with E-state index in [0.29, 0.717) is 25.8 Å². The van der Waals surface area contributed by atoms with Crippen molar-refractivity contribution in [2.75, 3.05) is 13.2 Å². The van der Waals surface area contributed by atoms with Crippen LogP contribution in [0.1, 0.15) is 12.7 Å². The van der Waals surface area contributed by atoms with Gasteiger partial charge in [0.05, 0.1) is 18.0 Å². The average Bonchev–Trinajstić information content (AvgIpc) is 3.14. The molecular formula is C26H32N2O3Si. The maximum absolute atomic E-state index is 12.0. The Kier molecular flexibility index (Phi) is 8.19. The van der Waals surface area contributed by atoms with Gasteiger partial charge in [-0.25, -0.2) is 9.78 Å². The third-order valence-corrected chi connectivity index (χ3v) is 6.67. The van der Waals surface area contributed by atoms with Gasteiger partial charge in [-0.1, -0.05) is 80.3 Å². The van der Waals surface area contributed by atoms with E-state index >= 15 is 0 Å². The first kappa shape index (κ1) is 23.7. The summed E-state index contributed by atoms with van der Waals surface area (Å²) >= 11 is 0. The van der Waals surface area contributed by atoms with Crippen molar-refractivity contribution in [2.24, 2.45) is 0 Å². The third kappa shape index (κ3) is 6.52. The summed E-state index contributed by atoms with van der Waals surface area (Å²) in [5.74, 6) is 0.271. The molecule has 0 atom stereocenters. The summed E-state index contributed by atoms with van der Waals surface area (Å²) in [6, 6.07) is 21.3. The molecule has 3 aromatic rings. The first-order chi connectivity index (χ1) is 15.4. The third-order valence-electron chi connectivity index (χ3n) is 4.96. The minimum atomic E-state index is -1.20. The second kappa shape index (κ2) is 11.1. The van der Waals surface area contributed by atoms with Crippen LogP contribution in [0.2, 0.25) is 25.7 Å². The molecule has 0 aliphatic carbocycles. The molecule has 0 N–H and O–H groups in total. The Labute approximate surface area is 191 Å². The number of carbonyl (C=O) groups excluding carboxylic acids is 1. The largest absolute Gasteiger partial charge is 0.463 e. The molecular weight excluding hydrogens is 416 g/mol. The van der Waals surface area contributed by atoms with Crippen LogP contribution in [0.15, 0.2) is 66.7 Å². The highest BCUT2D eigenvalue weighted by atomic mass is 28.3. The van der Waals surface area contributed by atoms with Crippen molar-refractivity contribution >= 4 is 20.1 Å². The molecule has 2 aromatic carbocycles. The number of hydrogen-bond acceptors (Lipinski definition) is 4. The SMILES string of the molecule is CCOC(=O)C=Cc1nc(-c2ccccc2)c(-c2ccccc2)n1COCC[Si](C)(C)C. The predicted molar refractivity (Wildman–Crippen MR) is 133 cm³/mol. The summed E-state index contributed by atoms with van der Waals surface area (Å²) in [6.45, 7) is 10.2. The van der Waals surface area contributed by atoms with E-state index in [2.05, 4.69) is 31.8 Å². The lowest BCUT2D eigenvalue weighted by Gasteiger charge is -2.17. The van der Waals surface area contributed by atoms with E-state index in [1.807, 2.05) is 53.1 Å². The number of imidazole rings is 1. The van der Waals surface area contributed by atoms with E-state index < -0.39 is 8.07 Å². The molecule has 0 radical (unpaired) electrons. The maximum atomic E-state index is 12.0. The van der Waals surface area contributed by atoms with Gasteiger partial charge in [0.25, 0.3) is 0 Å². The van der Waals surface area contributed by atoms with Crippen LogP contribution >= 0.6 is 0 Å². The summed E-state index contributed by atoms with van der Waals surface area (Å²) in [7, 11) is -1.20. The first-order valence-electron chi connectivity index (χ1n) is 11.0. The Bertz CT molecular complexity index is 1040. The van der Waals surface area contributed by atoms with E-state index in [1.54, 1.807) is 13.0 Å². The minimum Gasteiger partial charge on any atom is -0.463 e. The van der Waals surface area contributed by atoms with Crippen LogP contribution < -0.4 is 0 Å². The number of ether oxygens (including phenoxy) is 2. The lowest BCUT2D eigenvalue weighted by molar-refractivity contribution is -0.137. The second-order valence-electron chi connectivity index (χ2n) is 8.76. The molecule has 168 valence electrons. The van der Waals surface area contributed by atoms with Crippen molar-refractivity contribution in [3.05, 3.63) is 72.6 Å². The molecule has 6 heteroatoms. The zero-order valence-corrected chi connectivity index (χ0v) is 20.4. The van der Waals surface area contributed by atoms with E-state index in [-0.39, 0.29) is 5.97 Å². The van der Waals surface area contributed by atoms with Gasteiger partial charge in [-0.3, -0.25) is 4.57 Å². The quantitative estimate of drug-likeness (QED) is 0.163. The fourth-order valence-electron chi connectivity index (χ4n) is 3.28. The smallest absolute Gasteiger partial charge is 0.330 e. The van der Waals surface area contributed by atoms with Crippen LogP contribution in [0.5, 0.6) is 0 Å². The predicted octanol–water partition coefficient (Wildman–Crippen LogP) is 6.11. The lowest BCUT2D eigenvalue weighted by atomic mass is 10.0. The summed E-state index contributed by atoms with van der Waals surface area (Å²) in [5.41, 5.74) is 3.88. The van der Waals surface area contributed by atoms with Crippen LogP contribution in [-0.2, 0) is 21.0 Å². The number of esters is 1. The van der Waals surface area contributed by atoms with Gasteiger partial charge in [-0.05, 0) is 19.0 Å². The van der Waals surface area contributed by atoms with E-state index in [1.165, 1.54) is 6.08 Å². The molecule has 32 heavy (non-hydrogen) atoms. The van der Waals surface area contributed by atoms with E-state index in [9.17, 15) is 4.79 Å². The van der Waals surface area contributed by atoms with Crippen LogP contribution in [-0.4, -0.2) is 36.8 Å². The number of benzene rings is 2. The lowest BCUT2D eigenvalue weighted by Crippen LogP contribution is -2.22. The van der Waals surface area contributed by atoms with Gasteiger partial charge in [0.1, 0.15) is 12.6 Å². The van der Waals surface area contributed by atoms with Crippen molar-refractivity contribution in [3.8, 4) is 22.5 Å². The van der Waals surface area contributed by atoms with Gasteiger partial charge in [-0.2, -0.15) is 0 Å². The van der Waals surface area contributed by atoms with Crippen molar-refractivity contribution in [2.45, 2.75) is 39.3 Å². The molecule has 0 spiro atoms.